The highest BCUT2D eigenvalue weighted by Crippen LogP contribution is 2.32. The van der Waals surface area contributed by atoms with Crippen LogP contribution in [0, 0.1) is 5.92 Å². The molecular weight excluding hydrogens is 340 g/mol. The van der Waals surface area contributed by atoms with Gasteiger partial charge < -0.3 is 20.5 Å². The van der Waals surface area contributed by atoms with Gasteiger partial charge in [-0.05, 0) is 44.2 Å². The van der Waals surface area contributed by atoms with E-state index < -0.39 is 0 Å². The summed E-state index contributed by atoms with van der Waals surface area (Å²) >= 11 is 0. The molecule has 0 bridgehead atoms. The van der Waals surface area contributed by atoms with Crippen molar-refractivity contribution in [3.05, 3.63) is 18.2 Å². The van der Waals surface area contributed by atoms with Crippen molar-refractivity contribution >= 4 is 24.0 Å². The van der Waals surface area contributed by atoms with Crippen LogP contribution >= 0.6 is 12.4 Å². The fourth-order valence-electron chi connectivity index (χ4n) is 2.95. The smallest absolute Gasteiger partial charge is 0.227 e. The summed E-state index contributed by atoms with van der Waals surface area (Å²) in [4.78, 5) is 12.5. The molecule has 1 saturated carbocycles. The van der Waals surface area contributed by atoms with Crippen molar-refractivity contribution in [2.75, 3.05) is 18.5 Å². The van der Waals surface area contributed by atoms with Crippen molar-refractivity contribution in [2.24, 2.45) is 11.7 Å². The molecule has 5 nitrogen and oxygen atoms in total. The summed E-state index contributed by atoms with van der Waals surface area (Å²) in [6.45, 7) is 5.39. The van der Waals surface area contributed by atoms with Crippen molar-refractivity contribution in [3.63, 3.8) is 0 Å². The largest absolute Gasteiger partial charge is 0.490 e. The zero-order valence-corrected chi connectivity index (χ0v) is 16.1. The lowest BCUT2D eigenvalue weighted by atomic mass is 9.85. The van der Waals surface area contributed by atoms with Crippen LogP contribution in [0.4, 0.5) is 5.69 Å². The fourth-order valence-corrected chi connectivity index (χ4v) is 2.95. The first-order chi connectivity index (χ1) is 11.6. The van der Waals surface area contributed by atoms with E-state index in [1.807, 2.05) is 18.2 Å². The molecule has 1 aliphatic carbocycles. The second-order valence-corrected chi connectivity index (χ2v) is 6.47. The Morgan fingerprint density at radius 2 is 1.84 bits per heavy atom. The molecule has 2 unspecified atom stereocenters. The minimum Gasteiger partial charge on any atom is -0.490 e. The lowest BCUT2D eigenvalue weighted by molar-refractivity contribution is -0.120. The van der Waals surface area contributed by atoms with E-state index in [2.05, 4.69) is 19.2 Å². The summed E-state index contributed by atoms with van der Waals surface area (Å²) in [5, 5.41) is 3.00. The maximum absolute atomic E-state index is 12.5. The minimum absolute atomic E-state index is 0. The van der Waals surface area contributed by atoms with Gasteiger partial charge in [-0.25, -0.2) is 0 Å². The Labute approximate surface area is 157 Å². The molecule has 1 aromatic rings. The molecule has 1 amide bonds. The normalized spacial score (nSPS) is 19.6. The van der Waals surface area contributed by atoms with Crippen LogP contribution in [0.1, 0.15) is 52.4 Å². The van der Waals surface area contributed by atoms with Gasteiger partial charge in [0, 0.05) is 23.7 Å². The molecule has 25 heavy (non-hydrogen) atoms. The molecule has 0 aliphatic heterocycles. The van der Waals surface area contributed by atoms with Crippen LogP contribution in [-0.2, 0) is 4.79 Å². The number of carbonyl (C=O) groups is 1. The lowest BCUT2D eigenvalue weighted by Crippen LogP contribution is -2.34. The third-order valence-corrected chi connectivity index (χ3v) is 4.22. The number of nitrogens with one attached hydrogen (secondary N) is 1. The van der Waals surface area contributed by atoms with Crippen molar-refractivity contribution in [2.45, 2.75) is 58.4 Å². The van der Waals surface area contributed by atoms with Gasteiger partial charge in [0.1, 0.15) is 0 Å². The average molecular weight is 371 g/mol. The Balaban J connectivity index is 0.00000312. The Bertz CT molecular complexity index is 539. The topological polar surface area (TPSA) is 73.6 Å². The number of halogens is 1. The quantitative estimate of drug-likeness (QED) is 0.721. The number of anilines is 1. The highest BCUT2D eigenvalue weighted by Gasteiger charge is 2.25. The molecule has 0 saturated heterocycles. The van der Waals surface area contributed by atoms with E-state index in [1.54, 1.807) is 0 Å². The van der Waals surface area contributed by atoms with Crippen molar-refractivity contribution in [1.29, 1.82) is 0 Å². The summed E-state index contributed by atoms with van der Waals surface area (Å²) in [7, 11) is 0. The predicted molar refractivity (Wildman–Crippen MR) is 104 cm³/mol. The summed E-state index contributed by atoms with van der Waals surface area (Å²) in [6.07, 6.45) is 5.58. The van der Waals surface area contributed by atoms with Gasteiger partial charge in [-0.15, -0.1) is 12.4 Å². The molecule has 0 aromatic heterocycles. The zero-order valence-electron chi connectivity index (χ0n) is 15.3. The first-order valence-electron chi connectivity index (χ1n) is 9.10. The molecule has 1 aromatic carbocycles. The standard InChI is InChI=1S/C19H30N2O3.ClH/c1-3-10-23-17-9-8-16(13-18(17)24-11-4-2)21-19(22)14-6-5-7-15(20)12-14;/h8-9,13-15H,3-7,10-12,20H2,1-2H3,(H,21,22);1H. The van der Waals surface area contributed by atoms with E-state index in [-0.39, 0.29) is 30.3 Å². The molecule has 142 valence electrons. The fraction of sp³-hybridized carbons (Fsp3) is 0.632. The average Bonchev–Trinajstić information content (AvgIpc) is 2.59. The molecule has 2 atom stereocenters. The number of hydrogen-bond acceptors (Lipinski definition) is 4. The number of rotatable bonds is 8. The van der Waals surface area contributed by atoms with E-state index in [0.29, 0.717) is 19.0 Å². The minimum atomic E-state index is 0. The van der Waals surface area contributed by atoms with E-state index in [4.69, 9.17) is 15.2 Å². The molecule has 6 heteroatoms. The van der Waals surface area contributed by atoms with Crippen molar-refractivity contribution in [1.82, 2.24) is 0 Å². The maximum Gasteiger partial charge on any atom is 0.227 e. The third kappa shape index (κ3) is 6.75. The molecule has 1 fully saturated rings. The molecule has 3 N–H and O–H groups in total. The molecule has 0 radical (unpaired) electrons. The Hall–Kier alpha value is -1.46. The number of benzene rings is 1. The summed E-state index contributed by atoms with van der Waals surface area (Å²) in [6, 6.07) is 5.72. The molecule has 2 rings (SSSR count). The molecule has 0 spiro atoms. The van der Waals surface area contributed by atoms with Crippen LogP contribution in [-0.4, -0.2) is 25.2 Å². The van der Waals surface area contributed by atoms with Gasteiger partial charge in [-0.1, -0.05) is 20.3 Å². The second-order valence-electron chi connectivity index (χ2n) is 6.47. The Morgan fingerprint density at radius 3 is 2.48 bits per heavy atom. The highest BCUT2D eigenvalue weighted by molar-refractivity contribution is 5.93. The number of carbonyl (C=O) groups excluding carboxylic acids is 1. The first-order valence-corrected chi connectivity index (χ1v) is 9.10. The monoisotopic (exact) mass is 370 g/mol. The highest BCUT2D eigenvalue weighted by atomic mass is 35.5. The van der Waals surface area contributed by atoms with E-state index in [1.165, 1.54) is 0 Å². The van der Waals surface area contributed by atoms with Gasteiger partial charge in [0.25, 0.3) is 0 Å². The van der Waals surface area contributed by atoms with Crippen LogP contribution in [0.15, 0.2) is 18.2 Å². The maximum atomic E-state index is 12.5. The predicted octanol–water partition coefficient (Wildman–Crippen LogP) is 4.14. The SMILES string of the molecule is CCCOc1ccc(NC(=O)C2CCCC(N)C2)cc1OCCC.Cl. The van der Waals surface area contributed by atoms with Gasteiger partial charge in [0.05, 0.1) is 13.2 Å². The van der Waals surface area contributed by atoms with E-state index in [9.17, 15) is 4.79 Å². The lowest BCUT2D eigenvalue weighted by Gasteiger charge is -2.25. The van der Waals surface area contributed by atoms with E-state index in [0.717, 1.165) is 50.0 Å². The van der Waals surface area contributed by atoms with Crippen molar-refractivity contribution in [3.8, 4) is 11.5 Å². The summed E-state index contributed by atoms with van der Waals surface area (Å²) in [5.41, 5.74) is 6.73. The van der Waals surface area contributed by atoms with Crippen molar-refractivity contribution < 1.29 is 14.3 Å². The molecular formula is C19H31ClN2O3. The van der Waals surface area contributed by atoms with Gasteiger partial charge >= 0.3 is 0 Å². The van der Waals surface area contributed by atoms with Gasteiger partial charge in [-0.3, -0.25) is 4.79 Å². The van der Waals surface area contributed by atoms with Crippen LogP contribution in [0.5, 0.6) is 11.5 Å². The van der Waals surface area contributed by atoms with Crippen LogP contribution < -0.4 is 20.5 Å². The van der Waals surface area contributed by atoms with E-state index >= 15 is 0 Å². The van der Waals surface area contributed by atoms with Crippen LogP contribution in [0.2, 0.25) is 0 Å². The number of nitrogens with two attached hydrogens (primary N) is 1. The third-order valence-electron chi connectivity index (χ3n) is 4.22. The second kappa shape index (κ2) is 11.2. The van der Waals surface area contributed by atoms with Gasteiger partial charge in [-0.2, -0.15) is 0 Å². The summed E-state index contributed by atoms with van der Waals surface area (Å²) < 4.78 is 11.5. The van der Waals surface area contributed by atoms with Gasteiger partial charge in [0.15, 0.2) is 11.5 Å². The zero-order chi connectivity index (χ0) is 17.4. The first kappa shape index (κ1) is 21.6. The number of hydrogen-bond donors (Lipinski definition) is 2. The number of amides is 1. The number of ether oxygens (including phenoxy) is 2. The summed E-state index contributed by atoms with van der Waals surface area (Å²) in [5.74, 6) is 1.46. The van der Waals surface area contributed by atoms with Crippen LogP contribution in [0.3, 0.4) is 0 Å². The van der Waals surface area contributed by atoms with Crippen LogP contribution in [0.25, 0.3) is 0 Å². The Morgan fingerprint density at radius 1 is 1.16 bits per heavy atom. The molecule has 0 heterocycles. The van der Waals surface area contributed by atoms with Gasteiger partial charge in [0.2, 0.25) is 5.91 Å². The molecule has 1 aliphatic rings. The Kier molecular flexibility index (Phi) is 9.68.